The van der Waals surface area contributed by atoms with Crippen LogP contribution in [0.1, 0.15) is 11.1 Å². The van der Waals surface area contributed by atoms with Gasteiger partial charge in [-0.25, -0.2) is 0 Å². The van der Waals surface area contributed by atoms with Gasteiger partial charge in [-0.3, -0.25) is 4.90 Å². The van der Waals surface area contributed by atoms with Gasteiger partial charge in [0.15, 0.2) is 0 Å². The van der Waals surface area contributed by atoms with Crippen molar-refractivity contribution in [3.63, 3.8) is 0 Å². The summed E-state index contributed by atoms with van der Waals surface area (Å²) in [5.41, 5.74) is 2.68. The van der Waals surface area contributed by atoms with Crippen LogP contribution in [0.3, 0.4) is 0 Å². The molecule has 1 atom stereocenters. The van der Waals surface area contributed by atoms with E-state index in [9.17, 15) is 5.11 Å². The Morgan fingerprint density at radius 2 is 1.79 bits per heavy atom. The second-order valence-corrected chi connectivity index (χ2v) is 7.53. The molecule has 0 bridgehead atoms. The minimum absolute atomic E-state index is 0. The molecule has 3 rings (SSSR count). The zero-order valence-electron chi connectivity index (χ0n) is 15.3. The van der Waals surface area contributed by atoms with Gasteiger partial charge in [-0.2, -0.15) is 0 Å². The van der Waals surface area contributed by atoms with Crippen LogP contribution in [0, 0.1) is 0 Å². The molecule has 2 aromatic rings. The Morgan fingerprint density at radius 3 is 2.46 bits per heavy atom. The fourth-order valence-corrected chi connectivity index (χ4v) is 3.89. The highest BCUT2D eigenvalue weighted by Crippen LogP contribution is 2.26. The molecule has 1 unspecified atom stereocenters. The molecule has 0 spiro atoms. The van der Waals surface area contributed by atoms with Crippen LogP contribution in [-0.2, 0) is 6.42 Å². The first-order valence-corrected chi connectivity index (χ1v) is 9.68. The summed E-state index contributed by atoms with van der Waals surface area (Å²) in [6.07, 6.45) is 1.29. The molecule has 2 aromatic carbocycles. The predicted molar refractivity (Wildman–Crippen MR) is 118 cm³/mol. The lowest BCUT2D eigenvalue weighted by molar-refractivity contribution is 0.109. The molecule has 8 heteroatoms. The van der Waals surface area contributed by atoms with Crippen LogP contribution in [0.15, 0.2) is 47.6 Å². The van der Waals surface area contributed by atoms with Crippen LogP contribution in [0.25, 0.3) is 0 Å². The molecule has 1 aliphatic heterocycles. The Balaban J connectivity index is 0.00000280. The first kappa shape index (κ1) is 22.8. The highest BCUT2D eigenvalue weighted by molar-refractivity contribution is 6.33. The molecule has 1 saturated heterocycles. The number of rotatable bonds is 6. The van der Waals surface area contributed by atoms with E-state index >= 15 is 0 Å². The molecule has 0 amide bonds. The quantitative estimate of drug-likeness (QED) is 0.402. The van der Waals surface area contributed by atoms with Gasteiger partial charge in [0.1, 0.15) is 0 Å². The Labute approximate surface area is 181 Å². The van der Waals surface area contributed by atoms with E-state index in [1.54, 1.807) is 18.2 Å². The van der Waals surface area contributed by atoms with Crippen molar-refractivity contribution in [1.29, 1.82) is 0 Å². The molecule has 2 N–H and O–H groups in total. The molecule has 1 fully saturated rings. The zero-order chi connectivity index (χ0) is 19.2. The van der Waals surface area contributed by atoms with Gasteiger partial charge in [0, 0.05) is 44.2 Å². The first-order chi connectivity index (χ1) is 13.1. The van der Waals surface area contributed by atoms with Crippen LogP contribution in [0.4, 0.5) is 5.69 Å². The molecular formula is C20H24Cl3N3O2. The average Bonchev–Trinajstić information content (AvgIpc) is 2.65. The van der Waals surface area contributed by atoms with Gasteiger partial charge in [0.05, 0.1) is 23.0 Å². The molecule has 0 saturated carbocycles. The van der Waals surface area contributed by atoms with Crippen molar-refractivity contribution in [1.82, 2.24) is 4.90 Å². The van der Waals surface area contributed by atoms with Crippen molar-refractivity contribution in [3.8, 4) is 0 Å². The van der Waals surface area contributed by atoms with Crippen molar-refractivity contribution in [3.05, 3.63) is 63.6 Å². The molecular weight excluding hydrogens is 421 g/mol. The number of para-hydroxylation sites is 1. The van der Waals surface area contributed by atoms with E-state index in [2.05, 4.69) is 15.0 Å². The molecule has 0 radical (unpaired) electrons. The normalized spacial score (nSPS) is 16.2. The summed E-state index contributed by atoms with van der Waals surface area (Å²) >= 11 is 12.4. The third-order valence-electron chi connectivity index (χ3n) is 4.79. The van der Waals surface area contributed by atoms with Crippen molar-refractivity contribution in [2.24, 2.45) is 5.16 Å². The van der Waals surface area contributed by atoms with Gasteiger partial charge in [0.25, 0.3) is 0 Å². The minimum atomic E-state index is -0.527. The number of aliphatic hydroxyl groups excluding tert-OH is 1. The maximum absolute atomic E-state index is 10.5. The fourth-order valence-electron chi connectivity index (χ4n) is 3.44. The van der Waals surface area contributed by atoms with E-state index in [-0.39, 0.29) is 12.4 Å². The number of halogens is 3. The van der Waals surface area contributed by atoms with E-state index in [4.69, 9.17) is 28.4 Å². The summed E-state index contributed by atoms with van der Waals surface area (Å²) in [6.45, 7) is 4.05. The Hall–Kier alpha value is -1.50. The second kappa shape index (κ2) is 10.9. The van der Waals surface area contributed by atoms with Gasteiger partial charge in [-0.15, -0.1) is 12.4 Å². The minimum Gasteiger partial charge on any atom is -0.411 e. The third-order valence-corrected chi connectivity index (χ3v) is 5.35. The van der Waals surface area contributed by atoms with Gasteiger partial charge in [-0.1, -0.05) is 46.6 Å². The van der Waals surface area contributed by atoms with Crippen LogP contribution < -0.4 is 4.90 Å². The SMILES string of the molecule is Cl.ON=Cc1ccc(Cl)cc1CC(O)CN1CCN(c2ccccc2Cl)CC1. The summed E-state index contributed by atoms with van der Waals surface area (Å²) in [6, 6.07) is 13.2. The van der Waals surface area contributed by atoms with E-state index < -0.39 is 6.10 Å². The fraction of sp³-hybridized carbons (Fsp3) is 0.350. The van der Waals surface area contributed by atoms with Crippen LogP contribution >= 0.6 is 35.6 Å². The molecule has 5 nitrogen and oxygen atoms in total. The lowest BCUT2D eigenvalue weighted by Gasteiger charge is -2.37. The zero-order valence-corrected chi connectivity index (χ0v) is 17.7. The van der Waals surface area contributed by atoms with Crippen molar-refractivity contribution >= 4 is 47.5 Å². The Morgan fingerprint density at radius 1 is 1.07 bits per heavy atom. The summed E-state index contributed by atoms with van der Waals surface area (Å²) in [5, 5.41) is 23.8. The molecule has 1 heterocycles. The second-order valence-electron chi connectivity index (χ2n) is 6.68. The summed E-state index contributed by atoms with van der Waals surface area (Å²) in [5.74, 6) is 0. The largest absolute Gasteiger partial charge is 0.411 e. The lowest BCUT2D eigenvalue weighted by Crippen LogP contribution is -2.49. The number of anilines is 1. The summed E-state index contributed by atoms with van der Waals surface area (Å²) in [4.78, 5) is 4.53. The van der Waals surface area contributed by atoms with Gasteiger partial charge in [0.2, 0.25) is 0 Å². The van der Waals surface area contributed by atoms with Gasteiger partial charge in [-0.05, 0) is 35.4 Å². The van der Waals surface area contributed by atoms with E-state index in [1.165, 1.54) is 6.21 Å². The number of aliphatic hydroxyl groups is 1. The Kier molecular flexibility index (Phi) is 8.86. The van der Waals surface area contributed by atoms with Crippen LogP contribution in [-0.4, -0.2) is 60.3 Å². The molecule has 1 aliphatic rings. The van der Waals surface area contributed by atoms with Crippen molar-refractivity contribution in [2.45, 2.75) is 12.5 Å². The molecule has 0 aromatic heterocycles. The van der Waals surface area contributed by atoms with Crippen LogP contribution in [0.2, 0.25) is 10.0 Å². The number of β-amino-alcohol motifs (C(OH)–C–C–N with tert-alkyl or cyclic N) is 1. The lowest BCUT2D eigenvalue weighted by atomic mass is 10.0. The number of hydrogen-bond acceptors (Lipinski definition) is 5. The van der Waals surface area contributed by atoms with Crippen molar-refractivity contribution < 1.29 is 10.3 Å². The molecule has 152 valence electrons. The van der Waals surface area contributed by atoms with E-state index in [0.29, 0.717) is 18.0 Å². The predicted octanol–water partition coefficient (Wildman–Crippen LogP) is 3.95. The highest BCUT2D eigenvalue weighted by Gasteiger charge is 2.21. The average molecular weight is 445 g/mol. The van der Waals surface area contributed by atoms with Crippen molar-refractivity contribution in [2.75, 3.05) is 37.6 Å². The number of piperazine rings is 1. The first-order valence-electron chi connectivity index (χ1n) is 8.92. The van der Waals surface area contributed by atoms with Gasteiger partial charge >= 0.3 is 0 Å². The summed E-state index contributed by atoms with van der Waals surface area (Å²) < 4.78 is 0. The van der Waals surface area contributed by atoms with E-state index in [0.717, 1.165) is 48.0 Å². The van der Waals surface area contributed by atoms with E-state index in [1.807, 2.05) is 24.3 Å². The molecule has 0 aliphatic carbocycles. The summed E-state index contributed by atoms with van der Waals surface area (Å²) in [7, 11) is 0. The highest BCUT2D eigenvalue weighted by atomic mass is 35.5. The maximum Gasteiger partial charge on any atom is 0.0736 e. The maximum atomic E-state index is 10.5. The van der Waals surface area contributed by atoms with Crippen LogP contribution in [0.5, 0.6) is 0 Å². The van der Waals surface area contributed by atoms with Gasteiger partial charge < -0.3 is 15.2 Å². The number of hydrogen-bond donors (Lipinski definition) is 2. The Bertz CT molecular complexity index is 796. The molecule has 28 heavy (non-hydrogen) atoms. The number of nitrogens with zero attached hydrogens (tertiary/aromatic N) is 3. The smallest absolute Gasteiger partial charge is 0.0736 e. The third kappa shape index (κ3) is 6.00. The number of benzene rings is 2. The topological polar surface area (TPSA) is 59.3 Å². The standard InChI is InChI=1S/C20H23Cl2N3O2.ClH/c21-17-6-5-15(13-23-27)16(11-17)12-18(26)14-24-7-9-25(10-8-24)20-4-2-1-3-19(20)22;/h1-6,11,13,18,26-27H,7-10,12,14H2;1H. The monoisotopic (exact) mass is 443 g/mol. The number of oxime groups is 1.